The van der Waals surface area contributed by atoms with Crippen molar-refractivity contribution in [2.24, 2.45) is 0 Å². The van der Waals surface area contributed by atoms with E-state index in [0.717, 1.165) is 25.3 Å². The van der Waals surface area contributed by atoms with Gasteiger partial charge in [-0.05, 0) is 29.8 Å². The molecule has 0 N–H and O–H groups in total. The van der Waals surface area contributed by atoms with Crippen LogP contribution in [0.2, 0.25) is 0 Å². The highest BCUT2D eigenvalue weighted by molar-refractivity contribution is 5.87. The number of nitro groups is 1. The number of methoxy groups -OCH3 is 1. The molecule has 7 nitrogen and oxygen atoms in total. The van der Waals surface area contributed by atoms with Crippen LogP contribution >= 0.6 is 0 Å². The Kier molecular flexibility index (Phi) is 6.96. The maximum absolute atomic E-state index is 13.1. The highest BCUT2D eigenvalue weighted by Gasteiger charge is 2.22. The van der Waals surface area contributed by atoms with Crippen molar-refractivity contribution >= 4 is 17.7 Å². The van der Waals surface area contributed by atoms with Crippen LogP contribution in [0.5, 0.6) is 11.5 Å². The molecule has 0 aromatic heterocycles. The number of rotatable bonds is 8. The number of halogens is 3. The van der Waals surface area contributed by atoms with Crippen LogP contribution in [0.4, 0.5) is 18.9 Å². The second-order valence-corrected chi connectivity index (χ2v) is 5.26. The van der Waals surface area contributed by atoms with E-state index >= 15 is 0 Å². The van der Waals surface area contributed by atoms with Crippen molar-refractivity contribution in [1.82, 2.24) is 0 Å². The summed E-state index contributed by atoms with van der Waals surface area (Å²) in [6.45, 7) is -3.72. The monoisotopic (exact) mass is 397 g/mol. The first-order valence-electron chi connectivity index (χ1n) is 7.70. The van der Waals surface area contributed by atoms with Gasteiger partial charge in [-0.2, -0.15) is 8.78 Å². The molecular formula is C18H14F3NO6. The molecule has 0 saturated heterocycles. The van der Waals surface area contributed by atoms with E-state index in [2.05, 4.69) is 4.74 Å². The van der Waals surface area contributed by atoms with Gasteiger partial charge in [-0.3, -0.25) is 10.1 Å². The summed E-state index contributed by atoms with van der Waals surface area (Å²) in [5, 5.41) is 11.2. The number of nitro benzene ring substituents is 1. The van der Waals surface area contributed by atoms with Gasteiger partial charge in [0.25, 0.3) is 5.69 Å². The number of nitrogens with zero attached hydrogens (tertiary/aromatic N) is 1. The van der Waals surface area contributed by atoms with Gasteiger partial charge in [-0.25, -0.2) is 9.18 Å². The molecule has 0 aliphatic heterocycles. The van der Waals surface area contributed by atoms with Crippen molar-refractivity contribution in [3.05, 3.63) is 69.5 Å². The van der Waals surface area contributed by atoms with E-state index in [1.807, 2.05) is 0 Å². The van der Waals surface area contributed by atoms with Gasteiger partial charge < -0.3 is 14.2 Å². The van der Waals surface area contributed by atoms with E-state index in [-0.39, 0.29) is 11.3 Å². The molecular weight excluding hydrogens is 383 g/mol. The first-order chi connectivity index (χ1) is 13.3. The first-order valence-corrected chi connectivity index (χ1v) is 7.70. The smallest absolute Gasteiger partial charge is 0.387 e. The number of hydrogen-bond donors (Lipinski definition) is 0. The summed E-state index contributed by atoms with van der Waals surface area (Å²) in [7, 11) is 1.16. The molecule has 148 valence electrons. The molecule has 0 radical (unpaired) electrons. The number of carbonyl (C=O) groups excluding carboxylic acids is 1. The fraction of sp³-hybridized carbons (Fsp3) is 0.167. The lowest BCUT2D eigenvalue weighted by Crippen LogP contribution is -2.07. The zero-order valence-corrected chi connectivity index (χ0v) is 14.4. The second-order valence-electron chi connectivity index (χ2n) is 5.26. The molecule has 0 saturated carbocycles. The van der Waals surface area contributed by atoms with Gasteiger partial charge in [-0.1, -0.05) is 12.1 Å². The van der Waals surface area contributed by atoms with E-state index in [1.54, 1.807) is 6.07 Å². The van der Waals surface area contributed by atoms with E-state index in [9.17, 15) is 28.1 Å². The summed E-state index contributed by atoms with van der Waals surface area (Å²) < 4.78 is 51.9. The first kappa shape index (κ1) is 20.7. The molecule has 0 atom stereocenters. The number of ether oxygens (including phenoxy) is 3. The van der Waals surface area contributed by atoms with Crippen LogP contribution in [0.25, 0.3) is 6.08 Å². The number of benzene rings is 2. The van der Waals surface area contributed by atoms with Crippen molar-refractivity contribution in [3.8, 4) is 11.5 Å². The number of hydrogen-bond acceptors (Lipinski definition) is 6. The molecule has 0 heterocycles. The van der Waals surface area contributed by atoms with Crippen molar-refractivity contribution in [3.63, 3.8) is 0 Å². The Morgan fingerprint density at radius 3 is 2.61 bits per heavy atom. The van der Waals surface area contributed by atoms with Crippen molar-refractivity contribution < 1.29 is 37.1 Å². The summed E-state index contributed by atoms with van der Waals surface area (Å²) >= 11 is 0. The largest absolute Gasteiger partial charge is 0.493 e. The summed E-state index contributed by atoms with van der Waals surface area (Å²) in [5.74, 6) is -2.03. The van der Waals surface area contributed by atoms with Crippen LogP contribution in [-0.2, 0) is 16.1 Å². The summed E-state index contributed by atoms with van der Waals surface area (Å²) in [5.41, 5.74) is -0.257. The van der Waals surface area contributed by atoms with Crippen LogP contribution in [0.3, 0.4) is 0 Å². The maximum Gasteiger partial charge on any atom is 0.387 e. The number of carbonyl (C=O) groups is 1. The van der Waals surface area contributed by atoms with Crippen LogP contribution < -0.4 is 9.47 Å². The Balaban J connectivity index is 2.15. The van der Waals surface area contributed by atoms with Gasteiger partial charge >= 0.3 is 12.6 Å². The quantitative estimate of drug-likeness (QED) is 0.288. The fourth-order valence-corrected chi connectivity index (χ4v) is 2.20. The van der Waals surface area contributed by atoms with Gasteiger partial charge in [-0.15, -0.1) is 0 Å². The van der Waals surface area contributed by atoms with Gasteiger partial charge in [0.05, 0.1) is 23.7 Å². The van der Waals surface area contributed by atoms with Crippen molar-refractivity contribution in [1.29, 1.82) is 0 Å². The molecule has 0 aliphatic rings. The minimum atomic E-state index is -3.20. The molecule has 0 fully saturated rings. The number of esters is 1. The molecule has 28 heavy (non-hydrogen) atoms. The molecule has 0 bridgehead atoms. The summed E-state index contributed by atoms with van der Waals surface area (Å²) in [6.07, 6.45) is 2.33. The zero-order valence-electron chi connectivity index (χ0n) is 14.4. The van der Waals surface area contributed by atoms with Crippen molar-refractivity contribution in [2.45, 2.75) is 13.2 Å². The second kappa shape index (κ2) is 9.40. The molecule has 10 heteroatoms. The highest BCUT2D eigenvalue weighted by atomic mass is 19.3. The standard InChI is InChI=1S/C18H14F3NO6/c1-26-15-8-12(14(22(24)25)9-16(15)28-18(20)21)10-27-17(23)6-5-11-3-2-4-13(19)7-11/h2-9,18H,10H2,1H3/b6-5+. The van der Waals surface area contributed by atoms with Crippen LogP contribution in [-0.4, -0.2) is 24.6 Å². The lowest BCUT2D eigenvalue weighted by Gasteiger charge is -2.12. The molecule has 0 spiro atoms. The lowest BCUT2D eigenvalue weighted by molar-refractivity contribution is -0.386. The normalized spacial score (nSPS) is 10.9. The third-order valence-corrected chi connectivity index (χ3v) is 3.41. The van der Waals surface area contributed by atoms with Crippen LogP contribution in [0, 0.1) is 15.9 Å². The minimum absolute atomic E-state index is 0.0871. The van der Waals surface area contributed by atoms with Gasteiger partial charge in [0.2, 0.25) is 0 Å². The average Bonchev–Trinajstić information content (AvgIpc) is 2.64. The molecule has 2 aromatic rings. The molecule has 0 unspecified atom stereocenters. The Bertz CT molecular complexity index is 901. The van der Waals surface area contributed by atoms with Crippen molar-refractivity contribution in [2.75, 3.05) is 7.11 Å². The highest BCUT2D eigenvalue weighted by Crippen LogP contribution is 2.36. The predicted molar refractivity (Wildman–Crippen MR) is 91.5 cm³/mol. The van der Waals surface area contributed by atoms with Gasteiger partial charge in [0, 0.05) is 6.08 Å². The van der Waals surface area contributed by atoms with E-state index < -0.39 is 41.4 Å². The minimum Gasteiger partial charge on any atom is -0.493 e. The van der Waals surface area contributed by atoms with Crippen LogP contribution in [0.15, 0.2) is 42.5 Å². The molecule has 2 rings (SSSR count). The Morgan fingerprint density at radius 1 is 1.25 bits per heavy atom. The SMILES string of the molecule is COc1cc(COC(=O)/C=C/c2cccc(F)c2)c([N+](=O)[O-])cc1OC(F)F. The third-order valence-electron chi connectivity index (χ3n) is 3.41. The van der Waals surface area contributed by atoms with Gasteiger partial charge in [0.1, 0.15) is 12.4 Å². The maximum atomic E-state index is 13.1. The predicted octanol–water partition coefficient (Wildman–Crippen LogP) is 4.10. The van der Waals surface area contributed by atoms with E-state index in [1.165, 1.54) is 24.3 Å². The number of alkyl halides is 2. The Morgan fingerprint density at radius 2 is 2.00 bits per heavy atom. The van der Waals surface area contributed by atoms with E-state index in [4.69, 9.17) is 9.47 Å². The zero-order chi connectivity index (χ0) is 20.7. The van der Waals surface area contributed by atoms with Crippen LogP contribution in [0.1, 0.15) is 11.1 Å². The topological polar surface area (TPSA) is 87.9 Å². The van der Waals surface area contributed by atoms with E-state index in [0.29, 0.717) is 5.56 Å². The summed E-state index contributed by atoms with van der Waals surface area (Å²) in [6, 6.07) is 7.28. The fourth-order valence-electron chi connectivity index (χ4n) is 2.20. The molecule has 0 amide bonds. The van der Waals surface area contributed by atoms with Gasteiger partial charge in [0.15, 0.2) is 11.5 Å². The molecule has 2 aromatic carbocycles. The molecule has 0 aliphatic carbocycles. The Hall–Kier alpha value is -3.56. The Labute approximate surface area is 157 Å². The lowest BCUT2D eigenvalue weighted by atomic mass is 10.1. The summed E-state index contributed by atoms with van der Waals surface area (Å²) in [4.78, 5) is 22.1. The third kappa shape index (κ3) is 5.73. The average molecular weight is 397 g/mol.